The number of hydrogen-bond acceptors (Lipinski definition) is 1. The molecular weight excluding hydrogens is 242 g/mol. The summed E-state index contributed by atoms with van der Waals surface area (Å²) in [5, 5.41) is 0. The zero-order valence-electron chi connectivity index (χ0n) is 8.71. The van der Waals surface area contributed by atoms with Crippen LogP contribution >= 0.6 is 15.9 Å². The van der Waals surface area contributed by atoms with E-state index in [1.54, 1.807) is 0 Å². The van der Waals surface area contributed by atoms with E-state index in [4.69, 9.17) is 0 Å². The molecule has 2 fully saturated rings. The highest BCUT2D eigenvalue weighted by Crippen LogP contribution is 2.37. The van der Waals surface area contributed by atoms with Crippen molar-refractivity contribution in [2.45, 2.75) is 37.4 Å². The minimum absolute atomic E-state index is 0.0858. The van der Waals surface area contributed by atoms with Crippen LogP contribution in [0.15, 0.2) is 0 Å². The smallest absolute Gasteiger partial charge is 0.236 e. The fourth-order valence-electron chi connectivity index (χ4n) is 2.24. The Bertz CT molecular complexity index is 227. The van der Waals surface area contributed by atoms with E-state index in [1.165, 1.54) is 12.8 Å². The highest BCUT2D eigenvalue weighted by molar-refractivity contribution is 9.10. The Balaban J connectivity index is 1.86. The number of halogens is 1. The lowest BCUT2D eigenvalue weighted by Gasteiger charge is -2.31. The molecule has 1 aliphatic heterocycles. The molecule has 1 heterocycles. The first-order chi connectivity index (χ1) is 6.68. The van der Waals surface area contributed by atoms with Crippen molar-refractivity contribution < 1.29 is 4.79 Å². The molecule has 2 rings (SSSR count). The van der Waals surface area contributed by atoms with Gasteiger partial charge in [-0.05, 0) is 37.5 Å². The maximum Gasteiger partial charge on any atom is 0.236 e. The zero-order valence-corrected chi connectivity index (χ0v) is 10.3. The molecule has 0 radical (unpaired) electrons. The van der Waals surface area contributed by atoms with Crippen molar-refractivity contribution in [3.05, 3.63) is 0 Å². The average molecular weight is 260 g/mol. The van der Waals surface area contributed by atoms with E-state index < -0.39 is 0 Å². The molecule has 2 unspecified atom stereocenters. The third kappa shape index (κ3) is 2.30. The quantitative estimate of drug-likeness (QED) is 0.714. The first kappa shape index (κ1) is 10.5. The first-order valence-electron chi connectivity index (χ1n) is 5.61. The van der Waals surface area contributed by atoms with Crippen LogP contribution in [0.5, 0.6) is 0 Å². The topological polar surface area (TPSA) is 20.3 Å². The van der Waals surface area contributed by atoms with Gasteiger partial charge in [0.25, 0.3) is 0 Å². The molecule has 3 heteroatoms. The van der Waals surface area contributed by atoms with Crippen LogP contribution in [-0.2, 0) is 4.79 Å². The second-order valence-corrected chi connectivity index (χ2v) is 5.81. The van der Waals surface area contributed by atoms with Crippen molar-refractivity contribution in [2.24, 2.45) is 11.8 Å². The molecule has 0 bridgehead atoms. The van der Waals surface area contributed by atoms with Crippen molar-refractivity contribution >= 4 is 21.8 Å². The lowest BCUT2D eigenvalue weighted by molar-refractivity contribution is -0.133. The predicted octanol–water partition coefficient (Wildman–Crippen LogP) is 2.42. The van der Waals surface area contributed by atoms with Crippen LogP contribution in [0.4, 0.5) is 0 Å². The Morgan fingerprint density at radius 3 is 2.86 bits per heavy atom. The van der Waals surface area contributed by atoms with E-state index in [0.29, 0.717) is 11.8 Å². The van der Waals surface area contributed by atoms with E-state index in [0.717, 1.165) is 31.8 Å². The highest BCUT2D eigenvalue weighted by Gasteiger charge is 2.32. The zero-order chi connectivity index (χ0) is 10.1. The molecule has 0 spiro atoms. The number of likely N-dealkylation sites (tertiary alicyclic amines) is 1. The fraction of sp³-hybridized carbons (Fsp3) is 0.909. The number of rotatable bonds is 3. The van der Waals surface area contributed by atoms with Gasteiger partial charge in [-0.15, -0.1) is 0 Å². The largest absolute Gasteiger partial charge is 0.341 e. The van der Waals surface area contributed by atoms with Gasteiger partial charge in [0.1, 0.15) is 0 Å². The summed E-state index contributed by atoms with van der Waals surface area (Å²) in [7, 11) is 0. The van der Waals surface area contributed by atoms with Crippen molar-refractivity contribution in [3.63, 3.8) is 0 Å². The van der Waals surface area contributed by atoms with Crippen molar-refractivity contribution in [2.75, 3.05) is 13.1 Å². The van der Waals surface area contributed by atoms with Gasteiger partial charge in [0.15, 0.2) is 0 Å². The standard InChI is InChI=1S/C11H18BrNO/c1-8(9-4-5-9)7-13-6-2-3-10(12)11(13)14/h8-10H,2-7H2,1H3. The SMILES string of the molecule is CC(CN1CCCC(Br)C1=O)C1CC1. The molecule has 1 saturated heterocycles. The van der Waals surface area contributed by atoms with Gasteiger partial charge in [-0.2, -0.15) is 0 Å². The molecule has 1 amide bonds. The first-order valence-corrected chi connectivity index (χ1v) is 6.53. The van der Waals surface area contributed by atoms with Gasteiger partial charge in [0.05, 0.1) is 4.83 Å². The molecule has 0 aromatic rings. The van der Waals surface area contributed by atoms with Gasteiger partial charge < -0.3 is 4.90 Å². The van der Waals surface area contributed by atoms with Gasteiger partial charge in [-0.3, -0.25) is 4.79 Å². The summed E-state index contributed by atoms with van der Waals surface area (Å²) in [6, 6.07) is 0. The van der Waals surface area contributed by atoms with Crippen LogP contribution in [0.3, 0.4) is 0 Å². The number of carbonyl (C=O) groups excluding carboxylic acids is 1. The second-order valence-electron chi connectivity index (χ2n) is 4.71. The minimum atomic E-state index is 0.0858. The van der Waals surface area contributed by atoms with Crippen LogP contribution in [0, 0.1) is 11.8 Å². The maximum absolute atomic E-state index is 11.8. The lowest BCUT2D eigenvalue weighted by atomic mass is 10.0. The summed E-state index contributed by atoms with van der Waals surface area (Å²) in [6.45, 7) is 4.23. The number of amides is 1. The minimum Gasteiger partial charge on any atom is -0.341 e. The van der Waals surface area contributed by atoms with Crippen LogP contribution in [0.25, 0.3) is 0 Å². The van der Waals surface area contributed by atoms with E-state index in [2.05, 4.69) is 22.9 Å². The highest BCUT2D eigenvalue weighted by atomic mass is 79.9. The molecule has 1 aliphatic carbocycles. The summed E-state index contributed by atoms with van der Waals surface area (Å²) in [4.78, 5) is 13.9. The summed E-state index contributed by atoms with van der Waals surface area (Å²) >= 11 is 3.45. The molecule has 2 atom stereocenters. The summed E-state index contributed by atoms with van der Waals surface area (Å²) in [5.41, 5.74) is 0. The van der Waals surface area contributed by atoms with E-state index in [1.807, 2.05) is 4.90 Å². The normalized spacial score (nSPS) is 30.6. The monoisotopic (exact) mass is 259 g/mol. The molecular formula is C11H18BrNO. The molecule has 2 nitrogen and oxygen atoms in total. The van der Waals surface area contributed by atoms with E-state index >= 15 is 0 Å². The van der Waals surface area contributed by atoms with Gasteiger partial charge >= 0.3 is 0 Å². The van der Waals surface area contributed by atoms with Gasteiger partial charge in [-0.25, -0.2) is 0 Å². The molecule has 1 saturated carbocycles. The van der Waals surface area contributed by atoms with Gasteiger partial charge in [0, 0.05) is 13.1 Å². The molecule has 0 aromatic heterocycles. The van der Waals surface area contributed by atoms with E-state index in [-0.39, 0.29) is 4.83 Å². The molecule has 2 aliphatic rings. The molecule has 14 heavy (non-hydrogen) atoms. The van der Waals surface area contributed by atoms with Crippen molar-refractivity contribution in [1.82, 2.24) is 4.90 Å². The predicted molar refractivity (Wildman–Crippen MR) is 60.4 cm³/mol. The van der Waals surface area contributed by atoms with Crippen molar-refractivity contribution in [3.8, 4) is 0 Å². The van der Waals surface area contributed by atoms with Crippen molar-refractivity contribution in [1.29, 1.82) is 0 Å². The Morgan fingerprint density at radius 1 is 1.50 bits per heavy atom. The van der Waals surface area contributed by atoms with Gasteiger partial charge in [-0.1, -0.05) is 22.9 Å². The number of carbonyl (C=O) groups is 1. The number of hydrogen-bond donors (Lipinski definition) is 0. The van der Waals surface area contributed by atoms with Crippen LogP contribution in [-0.4, -0.2) is 28.7 Å². The third-order valence-corrected chi connectivity index (χ3v) is 4.25. The fourth-order valence-corrected chi connectivity index (χ4v) is 2.85. The van der Waals surface area contributed by atoms with Crippen LogP contribution < -0.4 is 0 Å². The number of alkyl halides is 1. The summed E-state index contributed by atoms with van der Waals surface area (Å²) in [5.74, 6) is 1.92. The maximum atomic E-state index is 11.8. The molecule has 80 valence electrons. The number of piperidine rings is 1. The number of nitrogens with zero attached hydrogens (tertiary/aromatic N) is 1. The molecule has 0 N–H and O–H groups in total. The summed E-state index contributed by atoms with van der Waals surface area (Å²) in [6.07, 6.45) is 4.91. The Morgan fingerprint density at radius 2 is 2.21 bits per heavy atom. The van der Waals surface area contributed by atoms with Crippen LogP contribution in [0.2, 0.25) is 0 Å². The Hall–Kier alpha value is -0.0500. The Kier molecular flexibility index (Phi) is 3.15. The van der Waals surface area contributed by atoms with Crippen LogP contribution in [0.1, 0.15) is 32.6 Å². The van der Waals surface area contributed by atoms with E-state index in [9.17, 15) is 4.79 Å². The average Bonchev–Trinajstić information content (AvgIpc) is 2.95. The lowest BCUT2D eigenvalue weighted by Crippen LogP contribution is -2.44. The van der Waals surface area contributed by atoms with Gasteiger partial charge in [0.2, 0.25) is 5.91 Å². The Labute approximate surface area is 94.2 Å². The third-order valence-electron chi connectivity index (χ3n) is 3.40. The molecule has 0 aromatic carbocycles. The summed E-state index contributed by atoms with van der Waals surface area (Å²) < 4.78 is 0. The second kappa shape index (κ2) is 4.21.